The Balaban J connectivity index is 1.93. The van der Waals surface area contributed by atoms with Gasteiger partial charge in [0.1, 0.15) is 11.5 Å². The van der Waals surface area contributed by atoms with Gasteiger partial charge in [-0.25, -0.2) is 4.79 Å². The average Bonchev–Trinajstić information content (AvgIpc) is 2.61. The Bertz CT molecular complexity index is 614. The fourth-order valence-corrected chi connectivity index (χ4v) is 2.22. The molecule has 0 fully saturated rings. The molecule has 5 nitrogen and oxygen atoms in total. The van der Waals surface area contributed by atoms with Crippen LogP contribution in [0.15, 0.2) is 54.6 Å². The number of carbonyl (C=O) groups excluding carboxylic acids is 1. The highest BCUT2D eigenvalue weighted by Gasteiger charge is 2.12. The van der Waals surface area contributed by atoms with Crippen LogP contribution in [-0.4, -0.2) is 35.7 Å². The van der Waals surface area contributed by atoms with Crippen molar-refractivity contribution in [3.63, 3.8) is 0 Å². The highest BCUT2D eigenvalue weighted by molar-refractivity contribution is 5.89. The maximum absolute atomic E-state index is 12.3. The minimum Gasteiger partial charge on any atom is -0.457 e. The lowest BCUT2D eigenvalue weighted by molar-refractivity contribution is 0.187. The highest BCUT2D eigenvalue weighted by Crippen LogP contribution is 2.22. The van der Waals surface area contributed by atoms with Crippen molar-refractivity contribution >= 4 is 11.7 Å². The van der Waals surface area contributed by atoms with Crippen molar-refractivity contribution < 1.29 is 14.6 Å². The van der Waals surface area contributed by atoms with E-state index >= 15 is 0 Å². The maximum atomic E-state index is 12.3. The van der Waals surface area contributed by atoms with Gasteiger partial charge in [-0.15, -0.1) is 0 Å². The third kappa shape index (κ3) is 5.59. The third-order valence-corrected chi connectivity index (χ3v) is 3.52. The summed E-state index contributed by atoms with van der Waals surface area (Å²) in [6.07, 6.45) is 1.91. The van der Waals surface area contributed by atoms with Gasteiger partial charge in [0.15, 0.2) is 0 Å². The maximum Gasteiger partial charge on any atom is 0.321 e. The van der Waals surface area contributed by atoms with E-state index in [1.165, 1.54) is 0 Å². The Hall–Kier alpha value is -2.53. The first-order chi connectivity index (χ1) is 11.7. The molecule has 128 valence electrons. The fourth-order valence-electron chi connectivity index (χ4n) is 2.22. The van der Waals surface area contributed by atoms with Gasteiger partial charge in [-0.2, -0.15) is 0 Å². The predicted octanol–water partition coefficient (Wildman–Crippen LogP) is 4.11. The summed E-state index contributed by atoms with van der Waals surface area (Å²) in [5.74, 6) is 1.47. The number of rotatable bonds is 8. The Kier molecular flexibility index (Phi) is 7.11. The third-order valence-electron chi connectivity index (χ3n) is 3.52. The number of anilines is 1. The monoisotopic (exact) mass is 328 g/mol. The van der Waals surface area contributed by atoms with Crippen molar-refractivity contribution in [3.05, 3.63) is 54.6 Å². The largest absolute Gasteiger partial charge is 0.457 e. The lowest BCUT2D eigenvalue weighted by atomic mass is 10.3. The molecule has 0 saturated heterocycles. The van der Waals surface area contributed by atoms with Gasteiger partial charge >= 0.3 is 6.03 Å². The molecule has 2 N–H and O–H groups in total. The molecule has 0 spiro atoms. The van der Waals surface area contributed by atoms with Gasteiger partial charge in [-0.1, -0.05) is 31.5 Å². The standard InChI is InChI=1S/C19H24N2O3/c1-2-3-13-21(14-15-22)19(23)20-16-9-11-18(12-10-16)24-17-7-5-4-6-8-17/h4-12,22H,2-3,13-15H2,1H3,(H,20,23). The Morgan fingerprint density at radius 3 is 2.33 bits per heavy atom. The van der Waals surface area contributed by atoms with Gasteiger partial charge in [0.05, 0.1) is 6.61 Å². The van der Waals surface area contributed by atoms with Gasteiger partial charge in [-0.3, -0.25) is 0 Å². The lowest BCUT2D eigenvalue weighted by Gasteiger charge is -2.22. The van der Waals surface area contributed by atoms with Crippen molar-refractivity contribution in [2.45, 2.75) is 19.8 Å². The normalized spacial score (nSPS) is 10.2. The molecule has 2 aromatic carbocycles. The summed E-state index contributed by atoms with van der Waals surface area (Å²) >= 11 is 0. The molecule has 0 unspecified atom stereocenters. The van der Waals surface area contributed by atoms with E-state index in [0.29, 0.717) is 24.5 Å². The predicted molar refractivity (Wildman–Crippen MR) is 95.5 cm³/mol. The fraction of sp³-hybridized carbons (Fsp3) is 0.316. The number of nitrogens with zero attached hydrogens (tertiary/aromatic N) is 1. The second kappa shape index (κ2) is 9.57. The number of aliphatic hydroxyl groups excluding tert-OH is 1. The average molecular weight is 328 g/mol. The molecule has 0 aliphatic heterocycles. The molecule has 0 radical (unpaired) electrons. The molecule has 0 heterocycles. The highest BCUT2D eigenvalue weighted by atomic mass is 16.5. The summed E-state index contributed by atoms with van der Waals surface area (Å²) in [6.45, 7) is 3.00. The van der Waals surface area contributed by atoms with Gasteiger partial charge < -0.3 is 20.1 Å². The number of ether oxygens (including phenoxy) is 1. The first kappa shape index (κ1) is 17.8. The lowest BCUT2D eigenvalue weighted by Crippen LogP contribution is -2.37. The van der Waals surface area contributed by atoms with Crippen LogP contribution in [0.3, 0.4) is 0 Å². The van der Waals surface area contributed by atoms with Crippen molar-refractivity contribution in [2.75, 3.05) is 25.0 Å². The summed E-state index contributed by atoms with van der Waals surface area (Å²) in [5.41, 5.74) is 0.694. The zero-order chi connectivity index (χ0) is 17.2. The van der Waals surface area contributed by atoms with Crippen LogP contribution in [-0.2, 0) is 0 Å². The van der Waals surface area contributed by atoms with Crippen molar-refractivity contribution in [3.8, 4) is 11.5 Å². The van der Waals surface area contributed by atoms with Gasteiger partial charge in [0, 0.05) is 18.8 Å². The van der Waals surface area contributed by atoms with Crippen LogP contribution >= 0.6 is 0 Å². The summed E-state index contributed by atoms with van der Waals surface area (Å²) in [6, 6.07) is 16.5. The zero-order valence-corrected chi connectivity index (χ0v) is 13.9. The van der Waals surface area contributed by atoms with E-state index < -0.39 is 0 Å². The van der Waals surface area contributed by atoms with Crippen molar-refractivity contribution in [1.29, 1.82) is 0 Å². The molecule has 0 saturated carbocycles. The summed E-state index contributed by atoms with van der Waals surface area (Å²) in [4.78, 5) is 13.9. The van der Waals surface area contributed by atoms with E-state index in [1.54, 1.807) is 17.0 Å². The van der Waals surface area contributed by atoms with Crippen molar-refractivity contribution in [1.82, 2.24) is 4.90 Å². The number of hydrogen-bond acceptors (Lipinski definition) is 3. The summed E-state index contributed by atoms with van der Waals surface area (Å²) < 4.78 is 5.72. The first-order valence-electron chi connectivity index (χ1n) is 8.22. The van der Waals surface area contributed by atoms with Gasteiger partial charge in [0.2, 0.25) is 0 Å². The molecule has 2 aromatic rings. The van der Waals surface area contributed by atoms with Crippen LogP contribution in [0.1, 0.15) is 19.8 Å². The summed E-state index contributed by atoms with van der Waals surface area (Å²) in [7, 11) is 0. The number of carbonyl (C=O) groups is 1. The summed E-state index contributed by atoms with van der Waals surface area (Å²) in [5, 5.41) is 11.9. The zero-order valence-electron chi connectivity index (χ0n) is 13.9. The first-order valence-corrected chi connectivity index (χ1v) is 8.22. The minimum absolute atomic E-state index is 0.0407. The minimum atomic E-state index is -0.200. The SMILES string of the molecule is CCCCN(CCO)C(=O)Nc1ccc(Oc2ccccc2)cc1. The van der Waals surface area contributed by atoms with Crippen molar-refractivity contribution in [2.24, 2.45) is 0 Å². The molecule has 0 aliphatic rings. The Morgan fingerprint density at radius 1 is 1.04 bits per heavy atom. The van der Waals surface area contributed by atoms with E-state index in [2.05, 4.69) is 12.2 Å². The molecule has 5 heteroatoms. The Morgan fingerprint density at radius 2 is 1.71 bits per heavy atom. The molecular formula is C19H24N2O3. The van der Waals surface area contributed by atoms with E-state index in [4.69, 9.17) is 9.84 Å². The molecule has 0 aliphatic carbocycles. The number of amides is 2. The molecule has 24 heavy (non-hydrogen) atoms. The molecular weight excluding hydrogens is 304 g/mol. The number of unbranched alkanes of at least 4 members (excludes halogenated alkanes) is 1. The Labute approximate surface area is 142 Å². The smallest absolute Gasteiger partial charge is 0.321 e. The number of hydrogen-bond donors (Lipinski definition) is 2. The molecule has 0 aromatic heterocycles. The van der Waals surface area contributed by atoms with Crippen LogP contribution in [0.4, 0.5) is 10.5 Å². The van der Waals surface area contributed by atoms with Gasteiger partial charge in [-0.05, 0) is 42.8 Å². The number of benzene rings is 2. The van der Waals surface area contributed by atoms with E-state index in [9.17, 15) is 4.79 Å². The van der Waals surface area contributed by atoms with Crippen LogP contribution in [0, 0.1) is 0 Å². The number of para-hydroxylation sites is 1. The quantitative estimate of drug-likeness (QED) is 0.767. The number of aliphatic hydroxyl groups is 1. The van der Waals surface area contributed by atoms with E-state index in [1.807, 2.05) is 42.5 Å². The van der Waals surface area contributed by atoms with Crippen LogP contribution in [0.25, 0.3) is 0 Å². The number of nitrogens with one attached hydrogen (secondary N) is 1. The molecule has 2 rings (SSSR count). The molecule has 0 atom stereocenters. The van der Waals surface area contributed by atoms with Crippen LogP contribution in [0.5, 0.6) is 11.5 Å². The number of urea groups is 1. The van der Waals surface area contributed by atoms with E-state index in [-0.39, 0.29) is 12.6 Å². The van der Waals surface area contributed by atoms with Crippen LogP contribution < -0.4 is 10.1 Å². The molecule has 2 amide bonds. The second-order valence-electron chi connectivity index (χ2n) is 5.43. The topological polar surface area (TPSA) is 61.8 Å². The van der Waals surface area contributed by atoms with Crippen LogP contribution in [0.2, 0.25) is 0 Å². The van der Waals surface area contributed by atoms with E-state index in [0.717, 1.165) is 18.6 Å². The molecule has 0 bridgehead atoms. The van der Waals surface area contributed by atoms with Gasteiger partial charge in [0.25, 0.3) is 0 Å². The second-order valence-corrected chi connectivity index (χ2v) is 5.43.